The number of rotatable bonds is 5. The summed E-state index contributed by atoms with van der Waals surface area (Å²) in [4.78, 5) is 24.7. The molecule has 0 bridgehead atoms. The van der Waals surface area contributed by atoms with Gasteiger partial charge in [-0.05, 0) is 64.3 Å². The number of carbonyl (C=O) groups excluding carboxylic acids is 1. The summed E-state index contributed by atoms with van der Waals surface area (Å²) in [6, 6.07) is 6.79. The predicted molar refractivity (Wildman–Crippen MR) is 98.1 cm³/mol. The van der Waals surface area contributed by atoms with Gasteiger partial charge in [-0.2, -0.15) is 5.10 Å². The summed E-state index contributed by atoms with van der Waals surface area (Å²) in [6.07, 6.45) is 2.12. The van der Waals surface area contributed by atoms with Crippen LogP contribution < -0.4 is 5.32 Å². The van der Waals surface area contributed by atoms with Crippen LogP contribution in [0.5, 0.6) is 0 Å². The molecule has 2 N–H and O–H groups in total. The fraction of sp³-hybridized carbons (Fsp3) is 0.450. The molecule has 27 heavy (non-hydrogen) atoms. The first kappa shape index (κ1) is 19.1. The molecule has 1 aromatic carbocycles. The second kappa shape index (κ2) is 6.48. The zero-order chi connectivity index (χ0) is 20.0. The lowest BCUT2D eigenvalue weighted by Crippen LogP contribution is -2.49. The quantitative estimate of drug-likeness (QED) is 0.841. The van der Waals surface area contributed by atoms with Crippen molar-refractivity contribution >= 4 is 11.9 Å². The molecule has 1 aliphatic carbocycles. The van der Waals surface area contributed by atoms with Crippen LogP contribution in [0.4, 0.5) is 4.39 Å². The SMILES string of the molecule is CC(NC(=O)c1cc(C2CC2)n(C(C)(C)C)n1)(C(=O)O)c1ccc(F)cc1. The maximum Gasteiger partial charge on any atom is 0.333 e. The van der Waals surface area contributed by atoms with Crippen LogP contribution in [0.15, 0.2) is 30.3 Å². The number of hydrogen-bond acceptors (Lipinski definition) is 3. The second-order valence-electron chi connectivity index (χ2n) is 8.20. The van der Waals surface area contributed by atoms with Gasteiger partial charge in [0.2, 0.25) is 0 Å². The van der Waals surface area contributed by atoms with E-state index in [1.54, 1.807) is 6.07 Å². The van der Waals surface area contributed by atoms with Crippen molar-refractivity contribution in [2.45, 2.75) is 57.5 Å². The highest BCUT2D eigenvalue weighted by Gasteiger charge is 2.39. The number of nitrogens with zero attached hydrogens (tertiary/aromatic N) is 2. The summed E-state index contributed by atoms with van der Waals surface area (Å²) in [6.45, 7) is 7.40. The van der Waals surface area contributed by atoms with Crippen LogP contribution in [-0.2, 0) is 15.9 Å². The van der Waals surface area contributed by atoms with Crippen LogP contribution in [0.3, 0.4) is 0 Å². The molecular weight excluding hydrogens is 349 g/mol. The fourth-order valence-electron chi connectivity index (χ4n) is 3.04. The Balaban J connectivity index is 1.93. The molecule has 0 spiro atoms. The van der Waals surface area contributed by atoms with E-state index in [-0.39, 0.29) is 16.8 Å². The third-order valence-electron chi connectivity index (χ3n) is 4.81. The average molecular weight is 373 g/mol. The molecule has 2 aromatic rings. The smallest absolute Gasteiger partial charge is 0.333 e. The number of benzene rings is 1. The molecule has 0 radical (unpaired) electrons. The van der Waals surface area contributed by atoms with Crippen LogP contribution in [-0.4, -0.2) is 26.8 Å². The van der Waals surface area contributed by atoms with E-state index in [0.29, 0.717) is 5.92 Å². The molecule has 144 valence electrons. The molecule has 3 rings (SSSR count). The molecule has 7 heteroatoms. The zero-order valence-electron chi connectivity index (χ0n) is 15.9. The largest absolute Gasteiger partial charge is 0.479 e. The van der Waals surface area contributed by atoms with E-state index in [1.165, 1.54) is 31.2 Å². The highest BCUT2D eigenvalue weighted by molar-refractivity contribution is 5.96. The summed E-state index contributed by atoms with van der Waals surface area (Å²) < 4.78 is 15.0. The topological polar surface area (TPSA) is 84.2 Å². The first-order valence-electron chi connectivity index (χ1n) is 8.95. The van der Waals surface area contributed by atoms with Crippen molar-refractivity contribution in [3.63, 3.8) is 0 Å². The molecule has 6 nitrogen and oxygen atoms in total. The maximum atomic E-state index is 13.2. The fourth-order valence-corrected chi connectivity index (χ4v) is 3.04. The number of aliphatic carboxylic acids is 1. The van der Waals surface area contributed by atoms with Gasteiger partial charge >= 0.3 is 5.97 Å². The summed E-state index contributed by atoms with van der Waals surface area (Å²) in [5.41, 5.74) is -0.533. The minimum Gasteiger partial charge on any atom is -0.479 e. The van der Waals surface area contributed by atoms with E-state index in [9.17, 15) is 19.1 Å². The van der Waals surface area contributed by atoms with E-state index in [1.807, 2.05) is 25.5 Å². The number of hydrogen-bond donors (Lipinski definition) is 2. The standard InChI is InChI=1S/C20H24FN3O3/c1-19(2,3)24-16(12-5-6-12)11-15(23-24)17(25)22-20(4,18(26)27)13-7-9-14(21)10-8-13/h7-12H,5-6H2,1-4H3,(H,22,25)(H,26,27). The Morgan fingerprint density at radius 3 is 2.26 bits per heavy atom. The first-order chi connectivity index (χ1) is 12.5. The van der Waals surface area contributed by atoms with Crippen LogP contribution in [0.25, 0.3) is 0 Å². The molecule has 1 atom stereocenters. The summed E-state index contributed by atoms with van der Waals surface area (Å²) in [7, 11) is 0. The number of aromatic nitrogens is 2. The predicted octanol–water partition coefficient (Wildman–Crippen LogP) is 3.38. The summed E-state index contributed by atoms with van der Waals surface area (Å²) in [5.74, 6) is -1.90. The van der Waals surface area contributed by atoms with Crippen molar-refractivity contribution in [2.75, 3.05) is 0 Å². The molecular formula is C20H24FN3O3. The van der Waals surface area contributed by atoms with Gasteiger partial charge in [-0.3, -0.25) is 9.48 Å². The molecule has 1 saturated carbocycles. The Morgan fingerprint density at radius 1 is 1.19 bits per heavy atom. The van der Waals surface area contributed by atoms with Crippen molar-refractivity contribution in [3.05, 3.63) is 53.1 Å². The van der Waals surface area contributed by atoms with Gasteiger partial charge in [0.05, 0.1) is 5.54 Å². The summed E-state index contributed by atoms with van der Waals surface area (Å²) in [5, 5.41) is 16.7. The zero-order valence-corrected chi connectivity index (χ0v) is 15.9. The van der Waals surface area contributed by atoms with Crippen molar-refractivity contribution < 1.29 is 19.1 Å². The Morgan fingerprint density at radius 2 is 1.78 bits per heavy atom. The number of carboxylic acids is 1. The van der Waals surface area contributed by atoms with E-state index in [0.717, 1.165) is 18.5 Å². The number of carbonyl (C=O) groups is 2. The lowest BCUT2D eigenvalue weighted by Gasteiger charge is -2.26. The van der Waals surface area contributed by atoms with E-state index < -0.39 is 23.2 Å². The molecule has 0 aliphatic heterocycles. The highest BCUT2D eigenvalue weighted by Crippen LogP contribution is 2.41. The van der Waals surface area contributed by atoms with Crippen molar-refractivity contribution in [1.82, 2.24) is 15.1 Å². The highest BCUT2D eigenvalue weighted by atomic mass is 19.1. The number of amides is 1. The van der Waals surface area contributed by atoms with Crippen molar-refractivity contribution in [1.29, 1.82) is 0 Å². The Labute approximate surface area is 157 Å². The van der Waals surface area contributed by atoms with Gasteiger partial charge < -0.3 is 10.4 Å². The minimum absolute atomic E-state index is 0.182. The average Bonchev–Trinajstić information content (AvgIpc) is 3.31. The van der Waals surface area contributed by atoms with E-state index in [2.05, 4.69) is 10.4 Å². The van der Waals surface area contributed by atoms with Crippen LogP contribution in [0.1, 0.15) is 68.2 Å². The summed E-state index contributed by atoms with van der Waals surface area (Å²) >= 11 is 0. The molecule has 1 aromatic heterocycles. The second-order valence-corrected chi connectivity index (χ2v) is 8.20. The van der Waals surface area contributed by atoms with Crippen molar-refractivity contribution in [3.8, 4) is 0 Å². The Bertz CT molecular complexity index is 879. The third-order valence-corrected chi connectivity index (χ3v) is 4.81. The minimum atomic E-state index is -1.70. The van der Waals surface area contributed by atoms with Crippen LogP contribution in [0, 0.1) is 5.82 Å². The third kappa shape index (κ3) is 3.72. The number of nitrogens with one attached hydrogen (secondary N) is 1. The van der Waals surface area contributed by atoms with Gasteiger partial charge in [-0.1, -0.05) is 12.1 Å². The van der Waals surface area contributed by atoms with Crippen LogP contribution >= 0.6 is 0 Å². The van der Waals surface area contributed by atoms with E-state index in [4.69, 9.17) is 0 Å². The van der Waals surface area contributed by atoms with Gasteiger partial charge in [0.15, 0.2) is 11.2 Å². The first-order valence-corrected chi connectivity index (χ1v) is 8.95. The van der Waals surface area contributed by atoms with Crippen molar-refractivity contribution in [2.24, 2.45) is 0 Å². The molecule has 1 unspecified atom stereocenters. The van der Waals surface area contributed by atoms with Gasteiger partial charge in [-0.15, -0.1) is 0 Å². The normalized spacial score (nSPS) is 16.6. The van der Waals surface area contributed by atoms with Crippen LogP contribution in [0.2, 0.25) is 0 Å². The molecule has 1 fully saturated rings. The van der Waals surface area contributed by atoms with Gasteiger partial charge in [0.25, 0.3) is 5.91 Å². The molecule has 1 aliphatic rings. The molecule has 1 amide bonds. The Hall–Kier alpha value is -2.70. The number of halogens is 1. The molecule has 1 heterocycles. The monoisotopic (exact) mass is 373 g/mol. The van der Waals surface area contributed by atoms with E-state index >= 15 is 0 Å². The lowest BCUT2D eigenvalue weighted by molar-refractivity contribution is -0.144. The maximum absolute atomic E-state index is 13.2. The number of carboxylic acid groups (broad SMARTS) is 1. The van der Waals surface area contributed by atoms with Gasteiger partial charge in [0.1, 0.15) is 5.82 Å². The molecule has 0 saturated heterocycles. The van der Waals surface area contributed by atoms with Gasteiger partial charge in [-0.25, -0.2) is 9.18 Å². The van der Waals surface area contributed by atoms with Gasteiger partial charge in [0, 0.05) is 11.6 Å². The lowest BCUT2D eigenvalue weighted by atomic mass is 9.92. The Kier molecular flexibility index (Phi) is 4.57.